The first-order valence-electron chi connectivity index (χ1n) is 13.7. The number of nitrogens with zero attached hydrogens (tertiary/aromatic N) is 1. The van der Waals surface area contributed by atoms with Gasteiger partial charge in [-0.2, -0.15) is 8.78 Å². The standard InChI is InChI=1S/C19H21N5O3.C12H15F2NO/c20-12-14-11-16(25)4-5-17(14)23-15-3-1-2-13(10-15)18(26)21-6-8-24-9-7-22-19(24)27;1-9(15-11(16)12(2,13)14)8-10-6-4-3-5-7-10/h1-5,10-12,20,23,25H,6-9H2,(H,21,26)(H,22,27);3-7,9H,8H2,1-2H3,(H,15,16). The van der Waals surface area contributed by atoms with Gasteiger partial charge >= 0.3 is 12.0 Å². The lowest BCUT2D eigenvalue weighted by Gasteiger charge is -2.17. The molecule has 4 rings (SSSR count). The molecule has 1 heterocycles. The fraction of sp³-hybridized carbons (Fsp3) is 0.290. The zero-order valence-electron chi connectivity index (χ0n) is 24.0. The molecule has 0 saturated carbocycles. The zero-order chi connectivity index (χ0) is 31.4. The second-order valence-corrected chi connectivity index (χ2v) is 10.0. The number of anilines is 2. The minimum Gasteiger partial charge on any atom is -0.508 e. The molecule has 228 valence electrons. The number of alkyl halides is 2. The third kappa shape index (κ3) is 10.4. The van der Waals surface area contributed by atoms with Crippen LogP contribution in [-0.2, 0) is 11.2 Å². The van der Waals surface area contributed by atoms with Gasteiger partial charge in [-0.15, -0.1) is 0 Å². The molecule has 6 N–H and O–H groups in total. The molecule has 0 aliphatic carbocycles. The van der Waals surface area contributed by atoms with Gasteiger partial charge in [0, 0.05) is 67.9 Å². The average molecular weight is 595 g/mol. The van der Waals surface area contributed by atoms with Crippen molar-refractivity contribution in [3.63, 3.8) is 0 Å². The van der Waals surface area contributed by atoms with E-state index in [2.05, 4.69) is 21.3 Å². The third-order valence-corrected chi connectivity index (χ3v) is 6.37. The number of carbonyl (C=O) groups is 3. The highest BCUT2D eigenvalue weighted by Crippen LogP contribution is 2.24. The first-order chi connectivity index (χ1) is 20.5. The second-order valence-electron chi connectivity index (χ2n) is 10.0. The smallest absolute Gasteiger partial charge is 0.321 e. The van der Waals surface area contributed by atoms with E-state index in [1.165, 1.54) is 12.1 Å². The first-order valence-corrected chi connectivity index (χ1v) is 13.7. The Hall–Kier alpha value is -5.00. The lowest BCUT2D eigenvalue weighted by Crippen LogP contribution is -2.43. The van der Waals surface area contributed by atoms with Crippen LogP contribution < -0.4 is 21.3 Å². The summed E-state index contributed by atoms with van der Waals surface area (Å²) in [5.41, 5.74) is 3.38. The molecule has 1 atom stereocenters. The summed E-state index contributed by atoms with van der Waals surface area (Å²) in [6.45, 7) is 4.42. The van der Waals surface area contributed by atoms with Crippen LogP contribution in [0.5, 0.6) is 5.75 Å². The maximum atomic E-state index is 12.6. The van der Waals surface area contributed by atoms with E-state index >= 15 is 0 Å². The van der Waals surface area contributed by atoms with Gasteiger partial charge in [-0.1, -0.05) is 36.4 Å². The lowest BCUT2D eigenvalue weighted by atomic mass is 10.1. The number of aromatic hydroxyl groups is 1. The molecule has 1 aliphatic rings. The largest absolute Gasteiger partial charge is 0.508 e. The topological polar surface area (TPSA) is 147 Å². The molecule has 0 spiro atoms. The van der Waals surface area contributed by atoms with Gasteiger partial charge in [-0.3, -0.25) is 9.59 Å². The number of halogens is 2. The number of benzene rings is 3. The Kier molecular flexibility index (Phi) is 11.6. The van der Waals surface area contributed by atoms with E-state index in [0.717, 1.165) is 11.8 Å². The van der Waals surface area contributed by atoms with Crippen molar-refractivity contribution in [1.29, 1.82) is 5.41 Å². The van der Waals surface area contributed by atoms with E-state index in [9.17, 15) is 28.3 Å². The minimum absolute atomic E-state index is 0.0823. The van der Waals surface area contributed by atoms with Crippen LogP contribution >= 0.6 is 0 Å². The quantitative estimate of drug-likeness (QED) is 0.145. The molecule has 0 bridgehead atoms. The van der Waals surface area contributed by atoms with Gasteiger partial charge < -0.3 is 36.7 Å². The van der Waals surface area contributed by atoms with E-state index in [-0.39, 0.29) is 23.7 Å². The summed E-state index contributed by atoms with van der Waals surface area (Å²) >= 11 is 0. The molecule has 1 fully saturated rings. The molecular formula is C31H36F2N6O4. The van der Waals surface area contributed by atoms with Crippen LogP contribution in [-0.4, -0.2) is 72.2 Å². The summed E-state index contributed by atoms with van der Waals surface area (Å²) in [6.07, 6.45) is 1.69. The molecule has 0 radical (unpaired) electrons. The number of rotatable bonds is 11. The molecule has 1 saturated heterocycles. The Morgan fingerprint density at radius 2 is 1.86 bits per heavy atom. The summed E-state index contributed by atoms with van der Waals surface area (Å²) in [6, 6.07) is 20.7. The Morgan fingerprint density at radius 1 is 1.12 bits per heavy atom. The van der Waals surface area contributed by atoms with Crippen molar-refractivity contribution in [3.8, 4) is 5.75 Å². The van der Waals surface area contributed by atoms with Crippen LogP contribution in [0, 0.1) is 5.41 Å². The number of hydrogen-bond donors (Lipinski definition) is 6. The van der Waals surface area contributed by atoms with Gasteiger partial charge in [-0.05, 0) is 55.3 Å². The minimum atomic E-state index is -3.31. The molecule has 1 unspecified atom stereocenters. The van der Waals surface area contributed by atoms with Crippen molar-refractivity contribution in [2.75, 3.05) is 31.5 Å². The van der Waals surface area contributed by atoms with Crippen molar-refractivity contribution in [1.82, 2.24) is 20.9 Å². The Morgan fingerprint density at radius 3 is 2.51 bits per heavy atom. The summed E-state index contributed by atoms with van der Waals surface area (Å²) in [4.78, 5) is 36.5. The molecule has 1 aliphatic heterocycles. The Balaban J connectivity index is 0.000000271. The summed E-state index contributed by atoms with van der Waals surface area (Å²) < 4.78 is 25.2. The maximum Gasteiger partial charge on any atom is 0.321 e. The summed E-state index contributed by atoms with van der Waals surface area (Å²) in [7, 11) is 0. The van der Waals surface area contributed by atoms with Gasteiger partial charge in [0.1, 0.15) is 5.75 Å². The third-order valence-electron chi connectivity index (χ3n) is 6.37. The van der Waals surface area contributed by atoms with E-state index < -0.39 is 11.8 Å². The molecule has 0 aromatic heterocycles. The van der Waals surface area contributed by atoms with Crippen LogP contribution in [0.4, 0.5) is 25.0 Å². The molecule has 10 nitrogen and oxygen atoms in total. The van der Waals surface area contributed by atoms with Gasteiger partial charge in [0.05, 0.1) is 0 Å². The second kappa shape index (κ2) is 15.3. The van der Waals surface area contributed by atoms with Crippen LogP contribution in [0.15, 0.2) is 72.8 Å². The number of phenolic OH excluding ortho intramolecular Hbond substituents is 1. The average Bonchev–Trinajstić information content (AvgIpc) is 3.38. The van der Waals surface area contributed by atoms with Crippen molar-refractivity contribution >= 4 is 35.4 Å². The van der Waals surface area contributed by atoms with Crippen LogP contribution in [0.3, 0.4) is 0 Å². The van der Waals surface area contributed by atoms with Crippen LogP contribution in [0.1, 0.15) is 35.3 Å². The highest BCUT2D eigenvalue weighted by Gasteiger charge is 2.32. The predicted octanol–water partition coefficient (Wildman–Crippen LogP) is 4.28. The monoisotopic (exact) mass is 594 g/mol. The molecular weight excluding hydrogens is 558 g/mol. The van der Waals surface area contributed by atoms with Crippen molar-refractivity contribution < 1.29 is 28.3 Å². The number of nitrogens with one attached hydrogen (secondary N) is 5. The number of carbonyl (C=O) groups excluding carboxylic acids is 3. The Labute approximate surface area is 249 Å². The molecule has 43 heavy (non-hydrogen) atoms. The molecule has 4 amide bonds. The van der Waals surface area contributed by atoms with Crippen molar-refractivity contribution in [3.05, 3.63) is 89.5 Å². The Bertz CT molecular complexity index is 1410. The highest BCUT2D eigenvalue weighted by molar-refractivity contribution is 5.95. The van der Waals surface area contributed by atoms with Crippen molar-refractivity contribution in [2.45, 2.75) is 32.2 Å². The fourth-order valence-electron chi connectivity index (χ4n) is 4.18. The summed E-state index contributed by atoms with van der Waals surface area (Å²) in [5, 5.41) is 27.9. The number of amides is 4. The predicted molar refractivity (Wildman–Crippen MR) is 161 cm³/mol. The molecule has 3 aromatic carbocycles. The van der Waals surface area contributed by atoms with Gasteiger partial charge in [0.15, 0.2) is 0 Å². The van der Waals surface area contributed by atoms with E-state index in [0.29, 0.717) is 62.0 Å². The van der Waals surface area contributed by atoms with Crippen molar-refractivity contribution in [2.24, 2.45) is 0 Å². The maximum absolute atomic E-state index is 12.6. The zero-order valence-corrected chi connectivity index (χ0v) is 24.0. The van der Waals surface area contributed by atoms with Gasteiger partial charge in [-0.25, -0.2) is 4.79 Å². The summed E-state index contributed by atoms with van der Waals surface area (Å²) in [5.74, 6) is -4.68. The van der Waals surface area contributed by atoms with E-state index in [1.54, 1.807) is 36.1 Å². The van der Waals surface area contributed by atoms with Crippen LogP contribution in [0.2, 0.25) is 0 Å². The first kappa shape index (κ1) is 32.5. The molecule has 3 aromatic rings. The van der Waals surface area contributed by atoms with Gasteiger partial charge in [0.25, 0.3) is 11.8 Å². The number of urea groups is 1. The highest BCUT2D eigenvalue weighted by atomic mass is 19.3. The number of phenols is 1. The van der Waals surface area contributed by atoms with Gasteiger partial charge in [0.2, 0.25) is 0 Å². The lowest BCUT2D eigenvalue weighted by molar-refractivity contribution is -0.143. The van der Waals surface area contributed by atoms with Crippen LogP contribution in [0.25, 0.3) is 0 Å². The number of hydrogen-bond acceptors (Lipinski definition) is 6. The molecule has 12 heteroatoms. The fourth-order valence-corrected chi connectivity index (χ4v) is 4.18. The normalized spacial score (nSPS) is 13.2. The van der Waals surface area contributed by atoms with E-state index in [1.807, 2.05) is 36.4 Å². The SMILES string of the molecule is CC(Cc1ccccc1)NC(=O)C(C)(F)F.N=Cc1cc(O)ccc1Nc1cccc(C(=O)NCCN2CCNC2=O)c1. The van der Waals surface area contributed by atoms with E-state index in [4.69, 9.17) is 5.41 Å².